The molecule has 1 spiro atoms. The molecule has 8 heteroatoms. The summed E-state index contributed by atoms with van der Waals surface area (Å²) in [5.74, 6) is -3.66. The highest BCUT2D eigenvalue weighted by atomic mass is 19.1. The number of halogens is 1. The summed E-state index contributed by atoms with van der Waals surface area (Å²) < 4.78 is 14.4. The maximum Gasteiger partial charge on any atom is 0.250 e. The molecule has 3 amide bonds. The Morgan fingerprint density at radius 3 is 2.33 bits per heavy atom. The van der Waals surface area contributed by atoms with E-state index >= 15 is 0 Å². The molecular weight excluding hydrogens is 461 g/mol. The van der Waals surface area contributed by atoms with E-state index in [2.05, 4.69) is 10.6 Å². The van der Waals surface area contributed by atoms with Crippen molar-refractivity contribution in [2.45, 2.75) is 31.8 Å². The molecule has 7 nitrogen and oxygen atoms in total. The quantitative estimate of drug-likeness (QED) is 0.495. The highest BCUT2D eigenvalue weighted by molar-refractivity contribution is 6.25. The number of benzene rings is 3. The van der Waals surface area contributed by atoms with E-state index in [-0.39, 0.29) is 11.7 Å². The van der Waals surface area contributed by atoms with Crippen LogP contribution in [0, 0.1) is 31.5 Å². The fourth-order valence-electron chi connectivity index (χ4n) is 6.17. The zero-order chi connectivity index (χ0) is 25.4. The Kier molecular flexibility index (Phi) is 4.82. The third-order valence-corrected chi connectivity index (χ3v) is 7.53. The molecule has 3 heterocycles. The first-order valence-electron chi connectivity index (χ1n) is 11.8. The minimum Gasteiger partial charge on any atom is -0.508 e. The number of carbonyl (C=O) groups is 3. The van der Waals surface area contributed by atoms with Crippen LogP contribution in [-0.2, 0) is 26.3 Å². The van der Waals surface area contributed by atoms with Gasteiger partial charge in [-0.1, -0.05) is 18.2 Å². The summed E-state index contributed by atoms with van der Waals surface area (Å²) in [4.78, 5) is 42.7. The normalized spacial score (nSPS) is 26.5. The van der Waals surface area contributed by atoms with Crippen molar-refractivity contribution in [1.29, 1.82) is 0 Å². The van der Waals surface area contributed by atoms with Gasteiger partial charge in [-0.3, -0.25) is 19.7 Å². The number of rotatable bonds is 3. The van der Waals surface area contributed by atoms with Crippen molar-refractivity contribution in [2.24, 2.45) is 11.8 Å². The van der Waals surface area contributed by atoms with Crippen LogP contribution < -0.4 is 15.5 Å². The molecule has 3 N–H and O–H groups in total. The molecule has 0 saturated carbocycles. The molecule has 3 aliphatic heterocycles. The Bertz CT molecular complexity index is 1430. The number of carbonyl (C=O) groups excluding carboxylic acids is 3. The highest BCUT2D eigenvalue weighted by Gasteiger charge is 2.70. The second-order valence-electron chi connectivity index (χ2n) is 9.93. The molecular formula is C28H24FN3O4. The summed E-state index contributed by atoms with van der Waals surface area (Å²) in [6.07, 6.45) is 0.334. The summed E-state index contributed by atoms with van der Waals surface area (Å²) in [5.41, 5.74) is 2.27. The van der Waals surface area contributed by atoms with Gasteiger partial charge < -0.3 is 10.4 Å². The monoisotopic (exact) mass is 485 g/mol. The molecule has 182 valence electrons. The van der Waals surface area contributed by atoms with E-state index in [1.54, 1.807) is 36.4 Å². The molecule has 3 aromatic carbocycles. The van der Waals surface area contributed by atoms with E-state index in [4.69, 9.17) is 0 Å². The standard InChI is InChI=1S/C28H24FN3O4/c1-14-9-15(2)11-18(10-14)32-25(34)23-22(12-16-3-6-19(33)7-4-16)31-28(24(23)26(32)35)20-13-17(29)5-8-21(20)30-27(28)36/h3-11,13,22-24,31,33H,12H2,1-2H3,(H,30,36)/t22-,23+,24-,28+/m0/s1. The number of nitrogens with one attached hydrogen (secondary N) is 2. The lowest BCUT2D eigenvalue weighted by Crippen LogP contribution is -2.53. The van der Waals surface area contributed by atoms with E-state index in [9.17, 15) is 23.9 Å². The van der Waals surface area contributed by atoms with Crippen LogP contribution in [0.4, 0.5) is 15.8 Å². The molecule has 2 saturated heterocycles. The van der Waals surface area contributed by atoms with Crippen LogP contribution in [-0.4, -0.2) is 28.9 Å². The summed E-state index contributed by atoms with van der Waals surface area (Å²) >= 11 is 0. The smallest absolute Gasteiger partial charge is 0.250 e. The third kappa shape index (κ3) is 3.10. The summed E-state index contributed by atoms with van der Waals surface area (Å²) in [7, 11) is 0. The molecule has 0 radical (unpaired) electrons. The molecule has 0 aromatic heterocycles. The molecule has 3 aliphatic rings. The number of amides is 3. The Morgan fingerprint density at radius 1 is 0.944 bits per heavy atom. The Balaban J connectivity index is 1.51. The van der Waals surface area contributed by atoms with Crippen LogP contribution in [0.15, 0.2) is 60.7 Å². The molecule has 3 aromatic rings. The van der Waals surface area contributed by atoms with Gasteiger partial charge in [-0.15, -0.1) is 0 Å². The zero-order valence-corrected chi connectivity index (χ0v) is 19.7. The van der Waals surface area contributed by atoms with Crippen LogP contribution in [0.3, 0.4) is 0 Å². The number of phenols is 1. The number of anilines is 2. The fourth-order valence-corrected chi connectivity index (χ4v) is 6.17. The first-order valence-corrected chi connectivity index (χ1v) is 11.8. The predicted octanol–water partition coefficient (Wildman–Crippen LogP) is 3.32. The number of aromatic hydroxyl groups is 1. The lowest BCUT2D eigenvalue weighted by molar-refractivity contribution is -0.130. The lowest BCUT2D eigenvalue weighted by atomic mass is 9.76. The first-order chi connectivity index (χ1) is 17.2. The Hall–Kier alpha value is -4.04. The molecule has 36 heavy (non-hydrogen) atoms. The van der Waals surface area contributed by atoms with Gasteiger partial charge in [0.25, 0.3) is 0 Å². The van der Waals surface area contributed by atoms with Crippen LogP contribution in [0.1, 0.15) is 22.3 Å². The van der Waals surface area contributed by atoms with E-state index in [1.807, 2.05) is 19.9 Å². The van der Waals surface area contributed by atoms with Gasteiger partial charge >= 0.3 is 0 Å². The third-order valence-electron chi connectivity index (χ3n) is 7.53. The van der Waals surface area contributed by atoms with Crippen LogP contribution in [0.25, 0.3) is 0 Å². The molecule has 0 bridgehead atoms. The average molecular weight is 486 g/mol. The summed E-state index contributed by atoms with van der Waals surface area (Å²) in [6.45, 7) is 3.78. The van der Waals surface area contributed by atoms with Gasteiger partial charge in [-0.25, -0.2) is 9.29 Å². The van der Waals surface area contributed by atoms with E-state index in [0.29, 0.717) is 23.4 Å². The topological polar surface area (TPSA) is 98.7 Å². The van der Waals surface area contributed by atoms with Crippen molar-refractivity contribution in [2.75, 3.05) is 10.2 Å². The second-order valence-corrected chi connectivity index (χ2v) is 9.93. The average Bonchev–Trinajstić information content (AvgIpc) is 3.39. The van der Waals surface area contributed by atoms with Gasteiger partial charge in [-0.05, 0) is 79.4 Å². The number of phenolic OH excluding ortho intramolecular Hbond substituents is 1. The highest BCUT2D eigenvalue weighted by Crippen LogP contribution is 2.54. The lowest BCUT2D eigenvalue weighted by Gasteiger charge is -2.29. The summed E-state index contributed by atoms with van der Waals surface area (Å²) in [6, 6.07) is 15.5. The van der Waals surface area contributed by atoms with Gasteiger partial charge in [0.1, 0.15) is 17.1 Å². The predicted molar refractivity (Wildman–Crippen MR) is 131 cm³/mol. The molecule has 6 rings (SSSR count). The van der Waals surface area contributed by atoms with E-state index in [0.717, 1.165) is 16.7 Å². The minimum atomic E-state index is -1.58. The zero-order valence-electron chi connectivity index (χ0n) is 19.7. The maximum atomic E-state index is 14.4. The van der Waals surface area contributed by atoms with Gasteiger partial charge in [0.05, 0.1) is 17.5 Å². The van der Waals surface area contributed by atoms with Crippen LogP contribution >= 0.6 is 0 Å². The van der Waals surface area contributed by atoms with Gasteiger partial charge in [0, 0.05) is 17.3 Å². The van der Waals surface area contributed by atoms with E-state index in [1.165, 1.54) is 23.1 Å². The number of imide groups is 1. The van der Waals surface area contributed by atoms with Gasteiger partial charge in [0.2, 0.25) is 17.7 Å². The van der Waals surface area contributed by atoms with Crippen LogP contribution in [0.5, 0.6) is 5.75 Å². The fraction of sp³-hybridized carbons (Fsp3) is 0.250. The van der Waals surface area contributed by atoms with E-state index < -0.39 is 41.0 Å². The molecule has 4 atom stereocenters. The Labute approximate surface area is 206 Å². The second kappa shape index (κ2) is 7.73. The Morgan fingerprint density at radius 2 is 1.64 bits per heavy atom. The number of nitrogens with zero attached hydrogens (tertiary/aromatic N) is 1. The van der Waals surface area contributed by atoms with Gasteiger partial charge in [0.15, 0.2) is 0 Å². The molecule has 2 fully saturated rings. The van der Waals surface area contributed by atoms with Gasteiger partial charge in [-0.2, -0.15) is 0 Å². The molecule has 0 aliphatic carbocycles. The minimum absolute atomic E-state index is 0.111. The number of hydrogen-bond acceptors (Lipinski definition) is 5. The largest absolute Gasteiger partial charge is 0.508 e. The van der Waals surface area contributed by atoms with Crippen molar-refractivity contribution < 1.29 is 23.9 Å². The van der Waals surface area contributed by atoms with Crippen LogP contribution in [0.2, 0.25) is 0 Å². The first kappa shape index (κ1) is 22.4. The number of fused-ring (bicyclic) bond motifs is 4. The molecule has 0 unspecified atom stereocenters. The summed E-state index contributed by atoms with van der Waals surface area (Å²) in [5, 5.41) is 15.8. The van der Waals surface area contributed by atoms with Crippen molar-refractivity contribution in [3.63, 3.8) is 0 Å². The van der Waals surface area contributed by atoms with Crippen molar-refractivity contribution in [1.82, 2.24) is 5.32 Å². The number of aryl methyl sites for hydroxylation is 2. The van der Waals surface area contributed by atoms with Crippen molar-refractivity contribution in [3.8, 4) is 5.75 Å². The van der Waals surface area contributed by atoms with Crippen molar-refractivity contribution in [3.05, 3.63) is 88.7 Å². The number of hydrogen-bond donors (Lipinski definition) is 3. The van der Waals surface area contributed by atoms with Crippen molar-refractivity contribution >= 4 is 29.1 Å². The SMILES string of the molecule is Cc1cc(C)cc(N2C(=O)[C@@H]3[C@H](Cc4ccc(O)cc4)N[C@@]4(C(=O)Nc5ccc(F)cc54)[C@@H]3C2=O)c1. The maximum absolute atomic E-state index is 14.4.